The largest absolute Gasteiger partial charge is 0.383 e. The first kappa shape index (κ1) is 18.9. The normalized spacial score (nSPS) is 19.8. The summed E-state index contributed by atoms with van der Waals surface area (Å²) in [7, 11) is 1.69. The number of rotatable bonds is 7. The monoisotopic (exact) mass is 384 g/mol. The average molecular weight is 384 g/mol. The summed E-state index contributed by atoms with van der Waals surface area (Å²) in [5.74, 6) is 0.525. The molecule has 0 saturated carbocycles. The highest BCUT2D eigenvalue weighted by Crippen LogP contribution is 2.14. The lowest BCUT2D eigenvalue weighted by Gasteiger charge is -2.25. The second-order valence-corrected chi connectivity index (χ2v) is 5.03. The lowest BCUT2D eigenvalue weighted by molar-refractivity contribution is 0.179. The fourth-order valence-corrected chi connectivity index (χ4v) is 2.40. The van der Waals surface area contributed by atoms with Gasteiger partial charge in [0.25, 0.3) is 0 Å². The zero-order valence-electron chi connectivity index (χ0n) is 12.4. The molecule has 0 bridgehead atoms. The van der Waals surface area contributed by atoms with Gasteiger partial charge in [-0.1, -0.05) is 6.92 Å². The number of nitrogens with zero attached hydrogens (tertiary/aromatic N) is 2. The Bertz CT molecular complexity index is 257. The third-order valence-electron chi connectivity index (χ3n) is 3.41. The molecule has 0 aromatic heterocycles. The van der Waals surface area contributed by atoms with Gasteiger partial charge in [-0.2, -0.15) is 0 Å². The van der Waals surface area contributed by atoms with E-state index >= 15 is 0 Å². The molecule has 1 fully saturated rings. The van der Waals surface area contributed by atoms with Crippen LogP contribution in [-0.4, -0.2) is 56.3 Å². The molecule has 0 radical (unpaired) electrons. The summed E-state index contributed by atoms with van der Waals surface area (Å²) in [6.07, 6.45) is 3.77. The molecule has 1 rings (SSSR count). The second kappa shape index (κ2) is 10.7. The minimum atomic E-state index is 0. The number of aliphatic imine (C=N–C) groups is 1. The summed E-state index contributed by atoms with van der Waals surface area (Å²) < 4.78 is 5.05. The van der Waals surface area contributed by atoms with Crippen molar-refractivity contribution in [1.29, 1.82) is 0 Å². The Morgan fingerprint density at radius 1 is 1.42 bits per heavy atom. The quantitative estimate of drug-likeness (QED) is 0.396. The van der Waals surface area contributed by atoms with Crippen molar-refractivity contribution in [3.8, 4) is 0 Å². The molecule has 2 unspecified atom stereocenters. The molecule has 0 aromatic carbocycles. The van der Waals surface area contributed by atoms with Crippen molar-refractivity contribution < 1.29 is 4.74 Å². The van der Waals surface area contributed by atoms with Gasteiger partial charge in [0.05, 0.1) is 13.2 Å². The van der Waals surface area contributed by atoms with E-state index in [9.17, 15) is 0 Å². The molecule has 0 aliphatic carbocycles. The highest BCUT2D eigenvalue weighted by molar-refractivity contribution is 14.0. The SMILES string of the molecule is CCC(CN=C(N)NC(C)COC)N1CCCC1.I. The van der Waals surface area contributed by atoms with Gasteiger partial charge in [0.15, 0.2) is 5.96 Å². The summed E-state index contributed by atoms with van der Waals surface area (Å²) in [6, 6.07) is 0.733. The Hall–Kier alpha value is -0.0800. The van der Waals surface area contributed by atoms with Crippen LogP contribution in [0.4, 0.5) is 0 Å². The topological polar surface area (TPSA) is 62.9 Å². The van der Waals surface area contributed by atoms with E-state index in [1.165, 1.54) is 25.9 Å². The average Bonchev–Trinajstić information content (AvgIpc) is 2.83. The smallest absolute Gasteiger partial charge is 0.188 e. The van der Waals surface area contributed by atoms with Gasteiger partial charge in [-0.25, -0.2) is 0 Å². The Kier molecular flexibility index (Phi) is 10.6. The van der Waals surface area contributed by atoms with Crippen molar-refractivity contribution in [3.63, 3.8) is 0 Å². The van der Waals surface area contributed by atoms with Crippen LogP contribution in [-0.2, 0) is 4.74 Å². The highest BCUT2D eigenvalue weighted by Gasteiger charge is 2.19. The van der Waals surface area contributed by atoms with E-state index < -0.39 is 0 Å². The molecule has 0 amide bonds. The van der Waals surface area contributed by atoms with Gasteiger partial charge >= 0.3 is 0 Å². The predicted octanol–water partition coefficient (Wildman–Crippen LogP) is 1.42. The van der Waals surface area contributed by atoms with Crippen LogP contribution in [0.3, 0.4) is 0 Å². The molecule has 19 heavy (non-hydrogen) atoms. The van der Waals surface area contributed by atoms with Crippen LogP contribution in [0.15, 0.2) is 4.99 Å². The van der Waals surface area contributed by atoms with Gasteiger partial charge in [0.1, 0.15) is 0 Å². The number of hydrogen-bond acceptors (Lipinski definition) is 3. The van der Waals surface area contributed by atoms with E-state index in [4.69, 9.17) is 10.5 Å². The number of methoxy groups -OCH3 is 1. The van der Waals surface area contributed by atoms with Crippen molar-refractivity contribution in [1.82, 2.24) is 10.2 Å². The van der Waals surface area contributed by atoms with E-state index in [1.807, 2.05) is 6.92 Å². The molecule has 1 saturated heterocycles. The van der Waals surface area contributed by atoms with E-state index in [-0.39, 0.29) is 30.0 Å². The minimum absolute atomic E-state index is 0. The first-order valence-electron chi connectivity index (χ1n) is 6.96. The van der Waals surface area contributed by atoms with E-state index in [1.54, 1.807) is 7.11 Å². The number of hydrogen-bond donors (Lipinski definition) is 2. The number of nitrogens with two attached hydrogens (primary N) is 1. The van der Waals surface area contributed by atoms with Crippen molar-refractivity contribution in [2.75, 3.05) is 33.4 Å². The highest BCUT2D eigenvalue weighted by atomic mass is 127. The Morgan fingerprint density at radius 2 is 2.05 bits per heavy atom. The molecular formula is C13H29IN4O. The van der Waals surface area contributed by atoms with Crippen LogP contribution in [0.1, 0.15) is 33.1 Å². The number of ether oxygens (including phenoxy) is 1. The molecule has 114 valence electrons. The first-order valence-corrected chi connectivity index (χ1v) is 6.96. The molecule has 1 heterocycles. The molecule has 5 nitrogen and oxygen atoms in total. The van der Waals surface area contributed by atoms with Crippen LogP contribution in [0.25, 0.3) is 0 Å². The first-order chi connectivity index (χ1) is 8.67. The molecule has 1 aliphatic heterocycles. The molecule has 2 atom stereocenters. The molecule has 0 spiro atoms. The standard InChI is InChI=1S/C13H28N4O.HI/c1-4-12(17-7-5-6-8-17)9-15-13(14)16-11(2)10-18-3;/h11-12H,4-10H2,1-3H3,(H3,14,15,16);1H. The predicted molar refractivity (Wildman–Crippen MR) is 91.3 cm³/mol. The van der Waals surface area contributed by atoms with Crippen LogP contribution in [0.5, 0.6) is 0 Å². The Balaban J connectivity index is 0.00000324. The van der Waals surface area contributed by atoms with Gasteiger partial charge < -0.3 is 15.8 Å². The Labute approximate surface area is 134 Å². The molecule has 3 N–H and O–H groups in total. The fourth-order valence-electron chi connectivity index (χ4n) is 2.40. The third kappa shape index (κ3) is 7.31. The minimum Gasteiger partial charge on any atom is -0.383 e. The van der Waals surface area contributed by atoms with Crippen molar-refractivity contribution in [3.05, 3.63) is 0 Å². The molecular weight excluding hydrogens is 355 g/mol. The lowest BCUT2D eigenvalue weighted by atomic mass is 10.2. The summed E-state index contributed by atoms with van der Waals surface area (Å²) in [5.41, 5.74) is 5.87. The number of nitrogens with one attached hydrogen (secondary N) is 1. The van der Waals surface area contributed by atoms with Gasteiger partial charge in [0, 0.05) is 19.2 Å². The third-order valence-corrected chi connectivity index (χ3v) is 3.41. The maximum absolute atomic E-state index is 5.87. The summed E-state index contributed by atoms with van der Waals surface area (Å²) in [5, 5.41) is 3.14. The lowest BCUT2D eigenvalue weighted by Crippen LogP contribution is -2.42. The number of guanidine groups is 1. The van der Waals surface area contributed by atoms with Gasteiger partial charge in [0.2, 0.25) is 0 Å². The summed E-state index contributed by atoms with van der Waals surface area (Å²) >= 11 is 0. The van der Waals surface area contributed by atoms with Gasteiger partial charge in [-0.3, -0.25) is 9.89 Å². The summed E-state index contributed by atoms with van der Waals surface area (Å²) in [6.45, 7) is 8.09. The van der Waals surface area contributed by atoms with Crippen LogP contribution in [0, 0.1) is 0 Å². The molecule has 0 aromatic rings. The van der Waals surface area contributed by atoms with E-state index in [0.717, 1.165) is 13.0 Å². The van der Waals surface area contributed by atoms with E-state index in [2.05, 4.69) is 22.1 Å². The van der Waals surface area contributed by atoms with E-state index in [0.29, 0.717) is 18.6 Å². The molecule has 6 heteroatoms. The Morgan fingerprint density at radius 3 is 2.58 bits per heavy atom. The van der Waals surface area contributed by atoms with Crippen molar-refractivity contribution in [2.45, 2.75) is 45.2 Å². The van der Waals surface area contributed by atoms with Crippen LogP contribution in [0.2, 0.25) is 0 Å². The number of halogens is 1. The maximum Gasteiger partial charge on any atom is 0.188 e. The van der Waals surface area contributed by atoms with Gasteiger partial charge in [-0.15, -0.1) is 24.0 Å². The second-order valence-electron chi connectivity index (χ2n) is 5.03. The fraction of sp³-hybridized carbons (Fsp3) is 0.923. The number of likely N-dealkylation sites (tertiary alicyclic amines) is 1. The summed E-state index contributed by atoms with van der Waals surface area (Å²) in [4.78, 5) is 6.97. The van der Waals surface area contributed by atoms with Crippen LogP contribution >= 0.6 is 24.0 Å². The van der Waals surface area contributed by atoms with Gasteiger partial charge in [-0.05, 0) is 39.3 Å². The molecule has 1 aliphatic rings. The zero-order valence-corrected chi connectivity index (χ0v) is 14.7. The van der Waals surface area contributed by atoms with Crippen molar-refractivity contribution in [2.24, 2.45) is 10.7 Å². The maximum atomic E-state index is 5.87. The zero-order chi connectivity index (χ0) is 13.4. The van der Waals surface area contributed by atoms with Crippen molar-refractivity contribution >= 4 is 29.9 Å². The van der Waals surface area contributed by atoms with Crippen LogP contribution < -0.4 is 11.1 Å².